The van der Waals surface area contributed by atoms with Crippen LogP contribution in [0.5, 0.6) is 0 Å². The molecule has 2 N–H and O–H groups in total. The first-order chi connectivity index (χ1) is 6.83. The molecule has 1 aliphatic heterocycles. The topological polar surface area (TPSA) is 50.4 Å². The van der Waals surface area contributed by atoms with Crippen molar-refractivity contribution in [1.29, 1.82) is 0 Å². The van der Waals surface area contributed by atoms with Crippen LogP contribution in [-0.4, -0.2) is 38.8 Å². The van der Waals surface area contributed by atoms with Gasteiger partial charge in [-0.25, -0.2) is 0 Å². The van der Waals surface area contributed by atoms with E-state index in [1.165, 1.54) is 6.42 Å². The predicted octanol–water partition coefficient (Wildman–Crippen LogP) is 0.281. The molecule has 0 spiro atoms. The number of ether oxygens (including phenoxy) is 1. The highest BCUT2D eigenvalue weighted by molar-refractivity contribution is 5.75. The molecule has 1 atom stereocenters. The van der Waals surface area contributed by atoms with E-state index < -0.39 is 0 Å². The van der Waals surface area contributed by atoms with E-state index in [2.05, 4.69) is 10.6 Å². The Bertz CT molecular complexity index is 168. The summed E-state index contributed by atoms with van der Waals surface area (Å²) in [6.07, 6.45) is 3.85. The van der Waals surface area contributed by atoms with Gasteiger partial charge in [0.25, 0.3) is 0 Å². The minimum absolute atomic E-state index is 0.117. The molecule has 0 aliphatic carbocycles. The van der Waals surface area contributed by atoms with Crippen LogP contribution in [0, 0.1) is 0 Å². The molecule has 82 valence electrons. The molecular formula is C10H20N2O2. The Hall–Kier alpha value is -0.610. The van der Waals surface area contributed by atoms with Gasteiger partial charge in [-0.2, -0.15) is 0 Å². The highest BCUT2D eigenvalue weighted by Gasteiger charge is 2.12. The summed E-state index contributed by atoms with van der Waals surface area (Å²) in [7, 11) is 1.67. The third-order valence-corrected chi connectivity index (χ3v) is 2.45. The van der Waals surface area contributed by atoms with Gasteiger partial charge in [0.1, 0.15) is 0 Å². The third kappa shape index (κ3) is 4.58. The summed E-state index contributed by atoms with van der Waals surface area (Å²) in [4.78, 5) is 10.9. The van der Waals surface area contributed by atoms with Gasteiger partial charge in [-0.15, -0.1) is 0 Å². The first kappa shape index (κ1) is 11.5. The van der Waals surface area contributed by atoms with E-state index in [1.54, 1.807) is 7.05 Å². The van der Waals surface area contributed by atoms with Gasteiger partial charge >= 0.3 is 0 Å². The molecular weight excluding hydrogens is 180 g/mol. The van der Waals surface area contributed by atoms with E-state index >= 15 is 0 Å². The van der Waals surface area contributed by atoms with Gasteiger partial charge in [0.05, 0.1) is 6.61 Å². The highest BCUT2D eigenvalue weighted by Crippen LogP contribution is 2.05. The first-order valence-corrected chi connectivity index (χ1v) is 5.34. The number of nitrogens with one attached hydrogen (secondary N) is 2. The van der Waals surface area contributed by atoms with Gasteiger partial charge in [0.2, 0.25) is 5.91 Å². The lowest BCUT2D eigenvalue weighted by Gasteiger charge is -2.23. The summed E-state index contributed by atoms with van der Waals surface area (Å²) >= 11 is 0. The lowest BCUT2D eigenvalue weighted by molar-refractivity contribution is -0.120. The maximum atomic E-state index is 10.9. The van der Waals surface area contributed by atoms with Crippen molar-refractivity contribution >= 4 is 5.91 Å². The SMILES string of the molecule is CNC(=O)CCCNC1CCCOC1. The summed E-state index contributed by atoms with van der Waals surface area (Å²) < 4.78 is 5.34. The summed E-state index contributed by atoms with van der Waals surface area (Å²) in [5.41, 5.74) is 0. The van der Waals surface area contributed by atoms with Gasteiger partial charge in [0.15, 0.2) is 0 Å². The standard InChI is InChI=1S/C10H20N2O2/c1-11-10(13)5-2-6-12-9-4-3-7-14-8-9/h9,12H,2-8H2,1H3,(H,11,13). The van der Waals surface area contributed by atoms with Crippen LogP contribution in [0.1, 0.15) is 25.7 Å². The highest BCUT2D eigenvalue weighted by atomic mass is 16.5. The molecule has 0 aromatic rings. The van der Waals surface area contributed by atoms with E-state index in [9.17, 15) is 4.79 Å². The molecule has 4 heteroatoms. The van der Waals surface area contributed by atoms with Crippen LogP contribution in [0.15, 0.2) is 0 Å². The Labute approximate surface area is 85.4 Å². The first-order valence-electron chi connectivity index (χ1n) is 5.34. The van der Waals surface area contributed by atoms with E-state index in [0.29, 0.717) is 12.5 Å². The fourth-order valence-electron chi connectivity index (χ4n) is 1.58. The molecule has 0 radical (unpaired) electrons. The second-order valence-corrected chi connectivity index (χ2v) is 3.64. The molecule has 0 bridgehead atoms. The van der Waals surface area contributed by atoms with Gasteiger partial charge in [-0.05, 0) is 25.8 Å². The lowest BCUT2D eigenvalue weighted by Crippen LogP contribution is -2.37. The van der Waals surface area contributed by atoms with Crippen molar-refractivity contribution in [2.45, 2.75) is 31.7 Å². The number of carbonyl (C=O) groups excluding carboxylic acids is 1. The van der Waals surface area contributed by atoms with Crippen LogP contribution >= 0.6 is 0 Å². The predicted molar refractivity (Wildman–Crippen MR) is 55.1 cm³/mol. The van der Waals surface area contributed by atoms with Crippen LogP contribution < -0.4 is 10.6 Å². The smallest absolute Gasteiger partial charge is 0.219 e. The van der Waals surface area contributed by atoms with Crippen LogP contribution in [0.2, 0.25) is 0 Å². The zero-order valence-corrected chi connectivity index (χ0v) is 8.84. The van der Waals surface area contributed by atoms with Gasteiger partial charge in [0, 0.05) is 26.1 Å². The summed E-state index contributed by atoms with van der Waals surface area (Å²) in [6.45, 7) is 2.62. The van der Waals surface area contributed by atoms with Crippen molar-refractivity contribution in [3.05, 3.63) is 0 Å². The minimum Gasteiger partial charge on any atom is -0.380 e. The van der Waals surface area contributed by atoms with Crippen molar-refractivity contribution in [1.82, 2.24) is 10.6 Å². The fourth-order valence-corrected chi connectivity index (χ4v) is 1.58. The van der Waals surface area contributed by atoms with Crippen LogP contribution in [0.4, 0.5) is 0 Å². The molecule has 0 aromatic carbocycles. The second-order valence-electron chi connectivity index (χ2n) is 3.64. The number of hydrogen-bond donors (Lipinski definition) is 2. The number of hydrogen-bond acceptors (Lipinski definition) is 3. The molecule has 1 unspecified atom stereocenters. The van der Waals surface area contributed by atoms with Crippen molar-refractivity contribution in [3.63, 3.8) is 0 Å². The van der Waals surface area contributed by atoms with Crippen molar-refractivity contribution in [2.24, 2.45) is 0 Å². The number of amides is 1. The monoisotopic (exact) mass is 200 g/mol. The molecule has 1 aliphatic rings. The summed E-state index contributed by atoms with van der Waals surface area (Å²) in [5, 5.41) is 6.01. The zero-order valence-electron chi connectivity index (χ0n) is 8.84. The normalized spacial score (nSPS) is 21.9. The third-order valence-electron chi connectivity index (χ3n) is 2.45. The second kappa shape index (κ2) is 6.79. The molecule has 1 heterocycles. The minimum atomic E-state index is 0.117. The Morgan fingerprint density at radius 3 is 3.07 bits per heavy atom. The Morgan fingerprint density at radius 1 is 1.57 bits per heavy atom. The number of rotatable bonds is 5. The average molecular weight is 200 g/mol. The quantitative estimate of drug-likeness (QED) is 0.627. The summed E-state index contributed by atoms with van der Waals surface area (Å²) in [5.74, 6) is 0.117. The maximum Gasteiger partial charge on any atom is 0.219 e. The molecule has 1 rings (SSSR count). The fraction of sp³-hybridized carbons (Fsp3) is 0.900. The van der Waals surface area contributed by atoms with E-state index in [1.807, 2.05) is 0 Å². The molecule has 14 heavy (non-hydrogen) atoms. The van der Waals surface area contributed by atoms with Gasteiger partial charge < -0.3 is 15.4 Å². The van der Waals surface area contributed by atoms with E-state index in [4.69, 9.17) is 4.74 Å². The Balaban J connectivity index is 1.94. The van der Waals surface area contributed by atoms with Crippen molar-refractivity contribution in [2.75, 3.05) is 26.8 Å². The molecule has 0 aromatic heterocycles. The lowest BCUT2D eigenvalue weighted by atomic mass is 10.1. The summed E-state index contributed by atoms with van der Waals surface area (Å²) in [6, 6.07) is 0.494. The Morgan fingerprint density at radius 2 is 2.43 bits per heavy atom. The Kier molecular flexibility index (Phi) is 5.56. The maximum absolute atomic E-state index is 10.9. The molecule has 4 nitrogen and oxygen atoms in total. The number of carbonyl (C=O) groups is 1. The molecule has 1 saturated heterocycles. The van der Waals surface area contributed by atoms with Crippen LogP contribution in [-0.2, 0) is 9.53 Å². The van der Waals surface area contributed by atoms with Gasteiger partial charge in [-0.1, -0.05) is 0 Å². The van der Waals surface area contributed by atoms with Crippen molar-refractivity contribution in [3.8, 4) is 0 Å². The van der Waals surface area contributed by atoms with Gasteiger partial charge in [-0.3, -0.25) is 4.79 Å². The zero-order chi connectivity index (χ0) is 10.2. The molecule has 1 amide bonds. The van der Waals surface area contributed by atoms with E-state index in [-0.39, 0.29) is 5.91 Å². The van der Waals surface area contributed by atoms with Crippen LogP contribution in [0.3, 0.4) is 0 Å². The van der Waals surface area contributed by atoms with Crippen molar-refractivity contribution < 1.29 is 9.53 Å². The average Bonchev–Trinajstić information content (AvgIpc) is 2.25. The van der Waals surface area contributed by atoms with Crippen LogP contribution in [0.25, 0.3) is 0 Å². The molecule has 1 fully saturated rings. The van der Waals surface area contributed by atoms with E-state index in [0.717, 1.165) is 32.6 Å². The largest absolute Gasteiger partial charge is 0.380 e. The molecule has 0 saturated carbocycles.